The van der Waals surface area contributed by atoms with Crippen LogP contribution >= 0.6 is 0 Å². The Hall–Kier alpha value is -0.570. The molecule has 0 aromatic heterocycles. The second-order valence-corrected chi connectivity index (χ2v) is 3.05. The maximum atomic E-state index is 11.2. The number of nitrogens with two attached hydrogens (primary N) is 1. The number of rotatable bonds is 5. The van der Waals surface area contributed by atoms with Gasteiger partial charge in [-0.3, -0.25) is 4.79 Å². The highest BCUT2D eigenvalue weighted by molar-refractivity contribution is 5.75. The Morgan fingerprint density at radius 2 is 2.08 bits per heavy atom. The first-order valence-corrected chi connectivity index (χ1v) is 4.57. The van der Waals surface area contributed by atoms with E-state index in [-0.39, 0.29) is 12.1 Å². The Balaban J connectivity index is 3.70. The van der Waals surface area contributed by atoms with Crippen LogP contribution in [-0.2, 0) is 9.53 Å². The van der Waals surface area contributed by atoms with Gasteiger partial charge in [0.15, 0.2) is 0 Å². The third-order valence-electron chi connectivity index (χ3n) is 1.79. The summed E-state index contributed by atoms with van der Waals surface area (Å²) in [6, 6.07) is -0.441. The van der Waals surface area contributed by atoms with Gasteiger partial charge in [-0.05, 0) is 19.8 Å². The predicted molar refractivity (Wildman–Crippen MR) is 48.7 cm³/mol. The number of carbonyl (C=O) groups is 1. The first-order chi connectivity index (χ1) is 5.61. The zero-order valence-corrected chi connectivity index (χ0v) is 8.17. The standard InChI is InChI=1S/C9H19NO2/c1-4-6-8(10)9(11)12-7(3)5-2/h7-8H,4-6,10H2,1-3H3/t7-,8+/m0/s1. The topological polar surface area (TPSA) is 52.3 Å². The van der Waals surface area contributed by atoms with E-state index in [1.54, 1.807) is 0 Å². The van der Waals surface area contributed by atoms with Crippen molar-refractivity contribution in [2.45, 2.75) is 52.2 Å². The van der Waals surface area contributed by atoms with Crippen LogP contribution in [0.1, 0.15) is 40.0 Å². The molecule has 72 valence electrons. The van der Waals surface area contributed by atoms with Gasteiger partial charge >= 0.3 is 5.97 Å². The van der Waals surface area contributed by atoms with Gasteiger partial charge in [0.1, 0.15) is 6.04 Å². The van der Waals surface area contributed by atoms with Crippen LogP contribution in [0.25, 0.3) is 0 Å². The van der Waals surface area contributed by atoms with Crippen LogP contribution in [0.2, 0.25) is 0 Å². The maximum absolute atomic E-state index is 11.2. The van der Waals surface area contributed by atoms with Gasteiger partial charge in [-0.2, -0.15) is 0 Å². The minimum Gasteiger partial charge on any atom is -0.462 e. The average molecular weight is 173 g/mol. The summed E-state index contributed by atoms with van der Waals surface area (Å²) in [5, 5.41) is 0. The van der Waals surface area contributed by atoms with E-state index < -0.39 is 6.04 Å². The fourth-order valence-electron chi connectivity index (χ4n) is 0.798. The normalized spacial score (nSPS) is 15.3. The minimum atomic E-state index is -0.441. The molecule has 0 fully saturated rings. The molecule has 0 amide bonds. The van der Waals surface area contributed by atoms with Crippen molar-refractivity contribution in [3.63, 3.8) is 0 Å². The van der Waals surface area contributed by atoms with Gasteiger partial charge in [-0.25, -0.2) is 0 Å². The van der Waals surface area contributed by atoms with Gasteiger partial charge in [0.25, 0.3) is 0 Å². The second-order valence-electron chi connectivity index (χ2n) is 3.05. The van der Waals surface area contributed by atoms with E-state index in [0.717, 1.165) is 12.8 Å². The lowest BCUT2D eigenvalue weighted by molar-refractivity contribution is -0.150. The lowest BCUT2D eigenvalue weighted by atomic mass is 10.2. The Labute approximate surface area is 74.3 Å². The molecule has 2 atom stereocenters. The molecular formula is C9H19NO2. The Morgan fingerprint density at radius 1 is 1.50 bits per heavy atom. The zero-order valence-electron chi connectivity index (χ0n) is 8.17. The summed E-state index contributed by atoms with van der Waals surface area (Å²) in [7, 11) is 0. The van der Waals surface area contributed by atoms with E-state index in [2.05, 4.69) is 0 Å². The summed E-state index contributed by atoms with van der Waals surface area (Å²) in [6.07, 6.45) is 2.44. The highest BCUT2D eigenvalue weighted by Crippen LogP contribution is 2.01. The fourth-order valence-corrected chi connectivity index (χ4v) is 0.798. The van der Waals surface area contributed by atoms with Crippen molar-refractivity contribution in [3.8, 4) is 0 Å². The molecule has 0 heterocycles. The molecule has 0 rings (SSSR count). The van der Waals surface area contributed by atoms with Crippen LogP contribution < -0.4 is 5.73 Å². The molecule has 0 aromatic carbocycles. The SMILES string of the molecule is CCC[C@@H](N)C(=O)O[C@@H](C)CC. The van der Waals surface area contributed by atoms with Gasteiger partial charge in [-0.1, -0.05) is 20.3 Å². The quantitative estimate of drug-likeness (QED) is 0.640. The van der Waals surface area contributed by atoms with Crippen molar-refractivity contribution in [2.75, 3.05) is 0 Å². The molecule has 2 N–H and O–H groups in total. The van der Waals surface area contributed by atoms with E-state index in [4.69, 9.17) is 10.5 Å². The van der Waals surface area contributed by atoms with E-state index in [9.17, 15) is 4.79 Å². The van der Waals surface area contributed by atoms with Crippen molar-refractivity contribution in [1.29, 1.82) is 0 Å². The van der Waals surface area contributed by atoms with Gasteiger partial charge in [0.05, 0.1) is 6.10 Å². The summed E-state index contributed by atoms with van der Waals surface area (Å²) in [5.74, 6) is -0.272. The summed E-state index contributed by atoms with van der Waals surface area (Å²) in [5.41, 5.74) is 5.56. The molecular weight excluding hydrogens is 154 g/mol. The van der Waals surface area contributed by atoms with Crippen LogP contribution in [0.15, 0.2) is 0 Å². The molecule has 12 heavy (non-hydrogen) atoms. The fraction of sp³-hybridized carbons (Fsp3) is 0.889. The number of hydrogen-bond acceptors (Lipinski definition) is 3. The first-order valence-electron chi connectivity index (χ1n) is 4.57. The van der Waals surface area contributed by atoms with Crippen molar-refractivity contribution in [3.05, 3.63) is 0 Å². The van der Waals surface area contributed by atoms with Crippen molar-refractivity contribution < 1.29 is 9.53 Å². The molecule has 0 aliphatic heterocycles. The van der Waals surface area contributed by atoms with E-state index in [1.807, 2.05) is 20.8 Å². The third kappa shape index (κ3) is 4.34. The Bertz CT molecular complexity index is 136. The monoisotopic (exact) mass is 173 g/mol. The molecule has 0 spiro atoms. The van der Waals surface area contributed by atoms with Crippen molar-refractivity contribution >= 4 is 5.97 Å². The highest BCUT2D eigenvalue weighted by Gasteiger charge is 2.15. The smallest absolute Gasteiger partial charge is 0.323 e. The molecule has 3 heteroatoms. The molecule has 3 nitrogen and oxygen atoms in total. The zero-order chi connectivity index (χ0) is 9.56. The summed E-state index contributed by atoms with van der Waals surface area (Å²) >= 11 is 0. The predicted octanol–water partition coefficient (Wildman–Crippen LogP) is 1.46. The van der Waals surface area contributed by atoms with Crippen LogP contribution in [0.3, 0.4) is 0 Å². The average Bonchev–Trinajstić information content (AvgIpc) is 2.04. The number of esters is 1. The van der Waals surface area contributed by atoms with Gasteiger partial charge in [0, 0.05) is 0 Å². The van der Waals surface area contributed by atoms with E-state index >= 15 is 0 Å². The first kappa shape index (κ1) is 11.4. The van der Waals surface area contributed by atoms with E-state index in [0.29, 0.717) is 6.42 Å². The molecule has 0 unspecified atom stereocenters. The van der Waals surface area contributed by atoms with Gasteiger partial charge in [0.2, 0.25) is 0 Å². The molecule has 0 aromatic rings. The van der Waals surface area contributed by atoms with Crippen LogP contribution in [0.4, 0.5) is 0 Å². The minimum absolute atomic E-state index is 0.0135. The summed E-state index contributed by atoms with van der Waals surface area (Å²) in [6.45, 7) is 5.84. The number of carbonyl (C=O) groups excluding carboxylic acids is 1. The molecule has 0 aliphatic carbocycles. The number of ether oxygens (including phenoxy) is 1. The van der Waals surface area contributed by atoms with Crippen molar-refractivity contribution in [1.82, 2.24) is 0 Å². The molecule has 0 bridgehead atoms. The van der Waals surface area contributed by atoms with Crippen LogP contribution in [-0.4, -0.2) is 18.1 Å². The molecule has 0 saturated heterocycles. The largest absolute Gasteiger partial charge is 0.462 e. The highest BCUT2D eigenvalue weighted by atomic mass is 16.5. The third-order valence-corrected chi connectivity index (χ3v) is 1.79. The Morgan fingerprint density at radius 3 is 2.50 bits per heavy atom. The van der Waals surface area contributed by atoms with Crippen LogP contribution in [0, 0.1) is 0 Å². The summed E-state index contributed by atoms with van der Waals surface area (Å²) in [4.78, 5) is 11.2. The second kappa shape index (κ2) is 6.00. The van der Waals surface area contributed by atoms with Crippen molar-refractivity contribution in [2.24, 2.45) is 5.73 Å². The maximum Gasteiger partial charge on any atom is 0.323 e. The Kier molecular flexibility index (Phi) is 5.72. The van der Waals surface area contributed by atoms with Crippen LogP contribution in [0.5, 0.6) is 0 Å². The number of hydrogen-bond donors (Lipinski definition) is 1. The van der Waals surface area contributed by atoms with E-state index in [1.165, 1.54) is 0 Å². The summed E-state index contributed by atoms with van der Waals surface area (Å²) < 4.78 is 5.05. The lowest BCUT2D eigenvalue weighted by Crippen LogP contribution is -2.34. The van der Waals surface area contributed by atoms with Gasteiger partial charge < -0.3 is 10.5 Å². The van der Waals surface area contributed by atoms with Gasteiger partial charge in [-0.15, -0.1) is 0 Å². The lowest BCUT2D eigenvalue weighted by Gasteiger charge is -2.14. The molecule has 0 radical (unpaired) electrons. The molecule has 0 aliphatic rings. The molecule has 0 saturated carbocycles.